The highest BCUT2D eigenvalue weighted by Crippen LogP contribution is 2.18. The zero-order valence-electron chi connectivity index (χ0n) is 19.8. The predicted molar refractivity (Wildman–Crippen MR) is 134 cm³/mol. The molecule has 0 aliphatic rings. The highest BCUT2D eigenvalue weighted by Gasteiger charge is 2.19. The molecule has 0 saturated heterocycles. The smallest absolute Gasteiger partial charge is 0.313 e. The van der Waals surface area contributed by atoms with Crippen molar-refractivity contribution in [2.24, 2.45) is 0 Å². The number of nitro benzene ring substituents is 1. The molecule has 0 unspecified atom stereocenters. The van der Waals surface area contributed by atoms with Crippen molar-refractivity contribution in [2.75, 3.05) is 20.6 Å². The number of aromatic nitrogens is 4. The third-order valence-electron chi connectivity index (χ3n) is 5.92. The Morgan fingerprint density at radius 1 is 0.971 bits per heavy atom. The Kier molecular flexibility index (Phi) is 7.21. The summed E-state index contributed by atoms with van der Waals surface area (Å²) in [6.07, 6.45) is 1.83. The second-order valence-corrected chi connectivity index (χ2v) is 8.76. The number of imidazole rings is 1. The van der Waals surface area contributed by atoms with Crippen LogP contribution in [0.4, 0.5) is 5.69 Å². The van der Waals surface area contributed by atoms with Crippen molar-refractivity contribution in [3.05, 3.63) is 103 Å². The van der Waals surface area contributed by atoms with Gasteiger partial charge < -0.3 is 9.47 Å². The molecule has 4 rings (SSSR count). The number of nitro groups is 1. The van der Waals surface area contributed by atoms with Crippen LogP contribution in [-0.2, 0) is 25.9 Å². The molecule has 10 heteroatoms. The van der Waals surface area contributed by atoms with Crippen LogP contribution in [0.25, 0.3) is 11.2 Å². The van der Waals surface area contributed by atoms with Crippen molar-refractivity contribution in [1.29, 1.82) is 0 Å². The van der Waals surface area contributed by atoms with Gasteiger partial charge in [0.1, 0.15) is 11.5 Å². The van der Waals surface area contributed by atoms with Crippen LogP contribution in [0.2, 0.25) is 0 Å². The topological polar surface area (TPSA) is 119 Å². The molecule has 0 bridgehead atoms. The van der Waals surface area contributed by atoms with E-state index >= 15 is 0 Å². The molecule has 182 valence electrons. The van der Waals surface area contributed by atoms with Crippen LogP contribution < -0.4 is 11.2 Å². The number of benzene rings is 2. The third kappa shape index (κ3) is 5.55. The van der Waals surface area contributed by atoms with Gasteiger partial charge in [0.25, 0.3) is 11.2 Å². The normalized spacial score (nSPS) is 11.4. The molecule has 0 saturated carbocycles. The number of fused-ring (bicyclic) bond motifs is 1. The van der Waals surface area contributed by atoms with Gasteiger partial charge in [-0.15, -0.1) is 0 Å². The zero-order valence-corrected chi connectivity index (χ0v) is 19.8. The maximum atomic E-state index is 12.9. The molecule has 10 nitrogen and oxygen atoms in total. The van der Waals surface area contributed by atoms with Crippen molar-refractivity contribution in [3.63, 3.8) is 0 Å². The van der Waals surface area contributed by atoms with Gasteiger partial charge in [-0.25, -0.2) is 9.78 Å². The molecule has 0 aliphatic carbocycles. The SMILES string of the molecule is CN(C)CCCn1c(Cc2ccccc2)nc2c(=O)[nH]c(=O)n(CCc3ccc([N+](=O)[O-])cc3)c21. The van der Waals surface area contributed by atoms with Gasteiger partial charge in [-0.3, -0.25) is 24.5 Å². The molecule has 0 radical (unpaired) electrons. The van der Waals surface area contributed by atoms with Crippen LogP contribution in [0.15, 0.2) is 64.2 Å². The van der Waals surface area contributed by atoms with Crippen molar-refractivity contribution in [2.45, 2.75) is 32.4 Å². The Morgan fingerprint density at radius 3 is 2.34 bits per heavy atom. The lowest BCUT2D eigenvalue weighted by Gasteiger charge is -2.15. The van der Waals surface area contributed by atoms with E-state index in [0.29, 0.717) is 31.6 Å². The summed E-state index contributed by atoms with van der Waals surface area (Å²) < 4.78 is 3.54. The van der Waals surface area contributed by atoms with Crippen LogP contribution in [0.1, 0.15) is 23.4 Å². The van der Waals surface area contributed by atoms with Gasteiger partial charge >= 0.3 is 5.69 Å². The van der Waals surface area contributed by atoms with E-state index < -0.39 is 16.2 Å². The highest BCUT2D eigenvalue weighted by atomic mass is 16.6. The molecular formula is C25H28N6O4. The van der Waals surface area contributed by atoms with Gasteiger partial charge in [0.2, 0.25) is 0 Å². The van der Waals surface area contributed by atoms with Crippen molar-refractivity contribution in [1.82, 2.24) is 24.0 Å². The van der Waals surface area contributed by atoms with E-state index in [9.17, 15) is 19.7 Å². The number of aromatic amines is 1. The molecule has 35 heavy (non-hydrogen) atoms. The number of hydrogen-bond donors (Lipinski definition) is 1. The monoisotopic (exact) mass is 476 g/mol. The number of H-pyrrole nitrogens is 1. The van der Waals surface area contributed by atoms with E-state index in [1.165, 1.54) is 12.1 Å². The van der Waals surface area contributed by atoms with E-state index in [2.05, 4.69) is 14.9 Å². The lowest BCUT2D eigenvalue weighted by atomic mass is 10.1. The number of nitrogens with zero attached hydrogens (tertiary/aromatic N) is 5. The molecule has 4 aromatic rings. The summed E-state index contributed by atoms with van der Waals surface area (Å²) in [5.74, 6) is 0.727. The van der Waals surface area contributed by atoms with E-state index in [4.69, 9.17) is 0 Å². The highest BCUT2D eigenvalue weighted by molar-refractivity contribution is 5.71. The second-order valence-electron chi connectivity index (χ2n) is 8.76. The molecule has 0 atom stereocenters. The van der Waals surface area contributed by atoms with Gasteiger partial charge in [0, 0.05) is 31.6 Å². The standard InChI is InChI=1S/C25H28N6O4/c1-28(2)14-6-15-29-21(17-19-7-4-3-5-8-19)26-22-23(32)27-25(33)30(24(22)29)16-13-18-9-11-20(12-10-18)31(34)35/h3-5,7-12H,6,13-17H2,1-2H3,(H,27,32,33). The van der Waals surface area contributed by atoms with E-state index in [1.54, 1.807) is 16.7 Å². The first-order valence-corrected chi connectivity index (χ1v) is 11.5. The average molecular weight is 477 g/mol. The molecule has 1 N–H and O–H groups in total. The van der Waals surface area contributed by atoms with Crippen molar-refractivity contribution in [3.8, 4) is 0 Å². The maximum absolute atomic E-state index is 12.9. The van der Waals surface area contributed by atoms with Gasteiger partial charge in [-0.1, -0.05) is 42.5 Å². The summed E-state index contributed by atoms with van der Waals surface area (Å²) in [4.78, 5) is 45.2. The number of nitrogens with one attached hydrogen (secondary N) is 1. The Morgan fingerprint density at radius 2 is 1.69 bits per heavy atom. The van der Waals surface area contributed by atoms with Crippen LogP contribution in [0.5, 0.6) is 0 Å². The molecule has 2 aromatic carbocycles. The molecule has 0 fully saturated rings. The molecule has 2 aromatic heterocycles. The van der Waals surface area contributed by atoms with Gasteiger partial charge in [0.15, 0.2) is 5.52 Å². The quantitative estimate of drug-likeness (QED) is 0.278. The van der Waals surface area contributed by atoms with Crippen molar-refractivity contribution < 1.29 is 4.92 Å². The zero-order chi connectivity index (χ0) is 24.9. The average Bonchev–Trinajstić information content (AvgIpc) is 3.18. The summed E-state index contributed by atoms with van der Waals surface area (Å²) in [6, 6.07) is 16.1. The fourth-order valence-corrected chi connectivity index (χ4v) is 4.16. The first-order chi connectivity index (χ1) is 16.8. The molecule has 0 spiro atoms. The maximum Gasteiger partial charge on any atom is 0.330 e. The van der Waals surface area contributed by atoms with Gasteiger partial charge in [-0.05, 0) is 44.6 Å². The fourth-order valence-electron chi connectivity index (χ4n) is 4.16. The minimum absolute atomic E-state index is 0.0156. The lowest BCUT2D eigenvalue weighted by molar-refractivity contribution is -0.384. The minimum Gasteiger partial charge on any atom is -0.313 e. The molecule has 2 heterocycles. The van der Waals surface area contributed by atoms with Crippen LogP contribution in [0, 0.1) is 10.1 Å². The number of aryl methyl sites for hydroxylation is 3. The summed E-state index contributed by atoms with van der Waals surface area (Å²) in [6.45, 7) is 1.76. The number of non-ortho nitro benzene ring substituents is 1. The number of rotatable bonds is 10. The van der Waals surface area contributed by atoms with Gasteiger partial charge in [0.05, 0.1) is 4.92 Å². The predicted octanol–water partition coefficient (Wildman–Crippen LogP) is 2.58. The molecule has 0 aliphatic heterocycles. The van der Waals surface area contributed by atoms with Crippen LogP contribution >= 0.6 is 0 Å². The lowest BCUT2D eigenvalue weighted by Crippen LogP contribution is -2.32. The summed E-state index contributed by atoms with van der Waals surface area (Å²) in [5.41, 5.74) is 1.68. The first kappa shape index (κ1) is 24.1. The Labute approximate surface area is 201 Å². The van der Waals surface area contributed by atoms with E-state index in [1.807, 2.05) is 49.0 Å². The Hall–Kier alpha value is -4.05. The minimum atomic E-state index is -0.503. The fraction of sp³-hybridized carbons (Fsp3) is 0.320. The van der Waals surface area contributed by atoms with E-state index in [0.717, 1.165) is 29.9 Å². The third-order valence-corrected chi connectivity index (χ3v) is 5.92. The van der Waals surface area contributed by atoms with Crippen LogP contribution in [-0.4, -0.2) is 49.6 Å². The summed E-state index contributed by atoms with van der Waals surface area (Å²) in [7, 11) is 4.00. The second kappa shape index (κ2) is 10.5. The van der Waals surface area contributed by atoms with Gasteiger partial charge in [-0.2, -0.15) is 0 Å². The van der Waals surface area contributed by atoms with Crippen LogP contribution in [0.3, 0.4) is 0 Å². The number of hydrogen-bond acceptors (Lipinski definition) is 6. The Bertz CT molecular complexity index is 1440. The Balaban J connectivity index is 1.74. The largest absolute Gasteiger partial charge is 0.330 e. The summed E-state index contributed by atoms with van der Waals surface area (Å²) >= 11 is 0. The van der Waals surface area contributed by atoms with Crippen molar-refractivity contribution >= 4 is 16.9 Å². The first-order valence-electron chi connectivity index (χ1n) is 11.5. The van der Waals surface area contributed by atoms with E-state index in [-0.39, 0.29) is 11.2 Å². The summed E-state index contributed by atoms with van der Waals surface area (Å²) in [5, 5.41) is 10.9. The molecular weight excluding hydrogens is 448 g/mol. The molecule has 0 amide bonds.